The van der Waals surface area contributed by atoms with Crippen molar-refractivity contribution in [1.29, 1.82) is 0 Å². The summed E-state index contributed by atoms with van der Waals surface area (Å²) in [4.78, 5) is 44.6. The number of thiazole rings is 1. The minimum Gasteiger partial charge on any atom is -0.507 e. The summed E-state index contributed by atoms with van der Waals surface area (Å²) in [5.74, 6) is -1.93. The molecule has 9 heteroatoms. The number of aromatic nitrogens is 1. The molecule has 1 saturated heterocycles. The number of esters is 1. The number of carbonyl (C=O) groups is 3. The molecule has 1 aromatic heterocycles. The molecule has 2 aromatic carbocycles. The number of benzene rings is 2. The Hall–Kier alpha value is -3.98. The molecule has 1 aliphatic heterocycles. The number of ketones is 1. The number of Topliss-reactive ketones (excluding diaryl/α,β-unsaturated/α-hetero) is 1. The monoisotopic (exact) mass is 478 g/mol. The fourth-order valence-corrected chi connectivity index (χ4v) is 4.74. The van der Waals surface area contributed by atoms with Gasteiger partial charge >= 0.3 is 11.9 Å². The zero-order valence-corrected chi connectivity index (χ0v) is 19.6. The highest BCUT2D eigenvalue weighted by molar-refractivity contribution is 7.17. The lowest BCUT2D eigenvalue weighted by molar-refractivity contribution is -0.132. The summed E-state index contributed by atoms with van der Waals surface area (Å²) in [6.07, 6.45) is 0. The second kappa shape index (κ2) is 9.48. The Morgan fingerprint density at radius 3 is 2.41 bits per heavy atom. The maximum absolute atomic E-state index is 13.2. The molecule has 4 rings (SSSR count). The molecular formula is C25H22N2O6S. The van der Waals surface area contributed by atoms with Gasteiger partial charge < -0.3 is 14.6 Å². The lowest BCUT2D eigenvalue weighted by Crippen LogP contribution is -2.29. The zero-order chi connectivity index (χ0) is 24.4. The Morgan fingerprint density at radius 1 is 1.12 bits per heavy atom. The number of carbonyl (C=O) groups excluding carboxylic acids is 3. The van der Waals surface area contributed by atoms with Gasteiger partial charge in [0.1, 0.15) is 16.4 Å². The molecule has 3 aromatic rings. The fourth-order valence-electron chi connectivity index (χ4n) is 3.75. The van der Waals surface area contributed by atoms with Crippen LogP contribution in [0.2, 0.25) is 0 Å². The topological polar surface area (TPSA) is 106 Å². The highest BCUT2D eigenvalue weighted by Gasteiger charge is 2.48. The van der Waals surface area contributed by atoms with Crippen LogP contribution in [0.5, 0.6) is 5.75 Å². The van der Waals surface area contributed by atoms with Crippen molar-refractivity contribution >= 4 is 39.9 Å². The number of ether oxygens (including phenoxy) is 2. The van der Waals surface area contributed by atoms with Crippen molar-refractivity contribution in [3.05, 3.63) is 81.9 Å². The largest absolute Gasteiger partial charge is 0.507 e. The maximum atomic E-state index is 13.2. The Kier molecular flexibility index (Phi) is 6.47. The molecule has 8 nitrogen and oxygen atoms in total. The highest BCUT2D eigenvalue weighted by Crippen LogP contribution is 2.44. The summed E-state index contributed by atoms with van der Waals surface area (Å²) >= 11 is 0.965. The van der Waals surface area contributed by atoms with Crippen molar-refractivity contribution in [1.82, 2.24) is 4.98 Å². The second-order valence-electron chi connectivity index (χ2n) is 7.44. The van der Waals surface area contributed by atoms with E-state index in [-0.39, 0.29) is 27.9 Å². The third-order valence-corrected chi connectivity index (χ3v) is 6.51. The van der Waals surface area contributed by atoms with Crippen LogP contribution < -0.4 is 9.64 Å². The van der Waals surface area contributed by atoms with Crippen LogP contribution in [0.15, 0.2) is 60.2 Å². The molecule has 0 bridgehead atoms. The second-order valence-corrected chi connectivity index (χ2v) is 8.42. The molecule has 1 atom stereocenters. The van der Waals surface area contributed by atoms with Gasteiger partial charge in [0, 0.05) is 5.56 Å². The first kappa shape index (κ1) is 23.2. The summed E-state index contributed by atoms with van der Waals surface area (Å²) in [6.45, 7) is 3.52. The molecule has 0 saturated carbocycles. The maximum Gasteiger partial charge on any atom is 0.350 e. The number of aliphatic hydroxyl groups excluding tert-OH is 1. The number of aryl methyl sites for hydroxylation is 1. The number of hydrogen-bond donors (Lipinski definition) is 1. The minimum atomic E-state index is -0.952. The van der Waals surface area contributed by atoms with Gasteiger partial charge in [0.05, 0.1) is 31.0 Å². The molecule has 1 aliphatic rings. The quantitative estimate of drug-likeness (QED) is 0.244. The Morgan fingerprint density at radius 2 is 1.79 bits per heavy atom. The van der Waals surface area contributed by atoms with Gasteiger partial charge in [0.25, 0.3) is 5.78 Å². The van der Waals surface area contributed by atoms with Gasteiger partial charge in [0.15, 0.2) is 5.13 Å². The van der Waals surface area contributed by atoms with E-state index < -0.39 is 23.7 Å². The molecule has 0 radical (unpaired) electrons. The van der Waals surface area contributed by atoms with E-state index in [1.54, 1.807) is 68.4 Å². The lowest BCUT2D eigenvalue weighted by Gasteiger charge is -2.23. The van der Waals surface area contributed by atoms with E-state index in [0.717, 1.165) is 11.3 Å². The molecule has 2 heterocycles. The van der Waals surface area contributed by atoms with Crippen molar-refractivity contribution in [3.8, 4) is 5.75 Å². The molecule has 34 heavy (non-hydrogen) atoms. The summed E-state index contributed by atoms with van der Waals surface area (Å²) in [5.41, 5.74) is 1.30. The third kappa shape index (κ3) is 4.06. The minimum absolute atomic E-state index is 0.0631. The Bertz CT molecular complexity index is 1280. The van der Waals surface area contributed by atoms with Crippen LogP contribution in [0.25, 0.3) is 5.76 Å². The van der Waals surface area contributed by atoms with Gasteiger partial charge in [-0.3, -0.25) is 14.5 Å². The van der Waals surface area contributed by atoms with Gasteiger partial charge in [-0.15, -0.1) is 0 Å². The average molecular weight is 479 g/mol. The fraction of sp³-hybridized carbons (Fsp3) is 0.200. The van der Waals surface area contributed by atoms with Gasteiger partial charge in [-0.2, -0.15) is 0 Å². The van der Waals surface area contributed by atoms with Crippen LogP contribution in [0, 0.1) is 6.92 Å². The van der Waals surface area contributed by atoms with E-state index in [1.165, 1.54) is 12.0 Å². The Balaban J connectivity index is 1.90. The van der Waals surface area contributed by atoms with Crippen LogP contribution in [-0.2, 0) is 14.3 Å². The van der Waals surface area contributed by atoms with E-state index in [9.17, 15) is 19.5 Å². The predicted molar refractivity (Wildman–Crippen MR) is 127 cm³/mol. The van der Waals surface area contributed by atoms with E-state index in [1.807, 2.05) is 0 Å². The highest BCUT2D eigenvalue weighted by atomic mass is 32.1. The summed E-state index contributed by atoms with van der Waals surface area (Å²) in [5, 5.41) is 11.3. The average Bonchev–Trinajstić information content (AvgIpc) is 3.36. The van der Waals surface area contributed by atoms with Crippen LogP contribution in [0.3, 0.4) is 0 Å². The number of anilines is 1. The molecule has 0 aliphatic carbocycles. The summed E-state index contributed by atoms with van der Waals surface area (Å²) in [7, 11) is 1.53. The molecule has 0 unspecified atom stereocenters. The van der Waals surface area contributed by atoms with Crippen LogP contribution in [0.4, 0.5) is 5.13 Å². The van der Waals surface area contributed by atoms with Crippen molar-refractivity contribution in [2.24, 2.45) is 0 Å². The number of nitrogens with zero attached hydrogens (tertiary/aromatic N) is 2. The number of methoxy groups -OCH3 is 1. The number of amides is 1. The standard InChI is InChI=1S/C25H22N2O6S/c1-4-33-24(31)22-14(2)26-25(34-22)27-19(15-10-12-17(32-3)13-11-15)18(21(29)23(27)30)20(28)16-8-6-5-7-9-16/h5-13,19,28H,4H2,1-3H3/b20-18+/t19-/m0/s1. The van der Waals surface area contributed by atoms with E-state index in [2.05, 4.69) is 4.98 Å². The van der Waals surface area contributed by atoms with Crippen molar-refractivity contribution < 1.29 is 29.0 Å². The summed E-state index contributed by atoms with van der Waals surface area (Å²) in [6, 6.07) is 14.4. The SMILES string of the molecule is CCOC(=O)c1sc(N2C(=O)C(=O)/C(=C(/O)c3ccccc3)[C@@H]2c2ccc(OC)cc2)nc1C. The van der Waals surface area contributed by atoms with Crippen LogP contribution in [-0.4, -0.2) is 41.5 Å². The molecule has 1 N–H and O–H groups in total. The van der Waals surface area contributed by atoms with E-state index >= 15 is 0 Å². The molecule has 0 spiro atoms. The molecule has 1 fully saturated rings. The normalized spacial score (nSPS) is 17.1. The van der Waals surface area contributed by atoms with Crippen LogP contribution in [0.1, 0.15) is 39.5 Å². The van der Waals surface area contributed by atoms with Crippen molar-refractivity contribution in [3.63, 3.8) is 0 Å². The predicted octanol–water partition coefficient (Wildman–Crippen LogP) is 4.26. The smallest absolute Gasteiger partial charge is 0.350 e. The van der Waals surface area contributed by atoms with Crippen molar-refractivity contribution in [2.75, 3.05) is 18.6 Å². The molecular weight excluding hydrogens is 456 g/mol. The first-order chi connectivity index (χ1) is 16.4. The van der Waals surface area contributed by atoms with Crippen molar-refractivity contribution in [2.45, 2.75) is 19.9 Å². The summed E-state index contributed by atoms with van der Waals surface area (Å²) < 4.78 is 10.3. The number of rotatable bonds is 6. The van der Waals surface area contributed by atoms with Crippen LogP contribution >= 0.6 is 11.3 Å². The van der Waals surface area contributed by atoms with Gasteiger partial charge in [-0.1, -0.05) is 53.8 Å². The number of hydrogen-bond acceptors (Lipinski definition) is 8. The first-order valence-corrected chi connectivity index (χ1v) is 11.3. The van der Waals surface area contributed by atoms with E-state index in [4.69, 9.17) is 9.47 Å². The van der Waals surface area contributed by atoms with Gasteiger partial charge in [-0.25, -0.2) is 9.78 Å². The molecule has 174 valence electrons. The third-order valence-electron chi connectivity index (χ3n) is 5.38. The van der Waals surface area contributed by atoms with Gasteiger partial charge in [-0.05, 0) is 31.5 Å². The van der Waals surface area contributed by atoms with Gasteiger partial charge in [0.2, 0.25) is 0 Å². The van der Waals surface area contributed by atoms with E-state index in [0.29, 0.717) is 22.6 Å². The Labute approximate surface area is 200 Å². The first-order valence-electron chi connectivity index (χ1n) is 10.5. The molecule has 1 amide bonds. The number of aliphatic hydroxyl groups is 1. The lowest BCUT2D eigenvalue weighted by atomic mass is 9.95. The zero-order valence-electron chi connectivity index (χ0n) is 18.8.